The molecule has 4 rings (SSSR count). The highest BCUT2D eigenvalue weighted by Crippen LogP contribution is 2.23. The maximum atomic E-state index is 12.6. The minimum atomic E-state index is 0.213. The molecule has 0 atom stereocenters. The molecule has 5 nitrogen and oxygen atoms in total. The fourth-order valence-electron chi connectivity index (χ4n) is 3.77. The lowest BCUT2D eigenvalue weighted by atomic mass is 10.1. The summed E-state index contributed by atoms with van der Waals surface area (Å²) in [5.41, 5.74) is 4.81. The molecule has 0 spiro atoms. The van der Waals surface area contributed by atoms with E-state index in [2.05, 4.69) is 40.2 Å². The number of anilines is 1. The average Bonchev–Trinajstić information content (AvgIpc) is 3.09. The first-order chi connectivity index (χ1) is 12.2. The quantitative estimate of drug-likeness (QED) is 0.862. The number of amides is 1. The summed E-state index contributed by atoms with van der Waals surface area (Å²) in [6, 6.07) is 10.4. The summed E-state index contributed by atoms with van der Waals surface area (Å²) in [5, 5.41) is 8.77. The van der Waals surface area contributed by atoms with E-state index in [0.29, 0.717) is 6.42 Å². The van der Waals surface area contributed by atoms with Crippen molar-refractivity contribution >= 4 is 11.7 Å². The van der Waals surface area contributed by atoms with E-state index in [1.165, 1.54) is 17.5 Å². The van der Waals surface area contributed by atoms with Gasteiger partial charge in [-0.25, -0.2) is 0 Å². The van der Waals surface area contributed by atoms with Gasteiger partial charge in [0.2, 0.25) is 5.91 Å². The van der Waals surface area contributed by atoms with E-state index >= 15 is 0 Å². The largest absolute Gasteiger partial charge is 0.352 e. The highest BCUT2D eigenvalue weighted by Gasteiger charge is 2.23. The molecule has 0 bridgehead atoms. The molecule has 0 saturated carbocycles. The molecule has 0 unspecified atom stereocenters. The van der Waals surface area contributed by atoms with E-state index in [-0.39, 0.29) is 5.91 Å². The smallest absolute Gasteiger partial charge is 0.227 e. The fraction of sp³-hybridized carbons (Fsp3) is 0.450. The number of fused-ring (bicyclic) bond motifs is 1. The molecule has 5 heteroatoms. The number of nitrogens with zero attached hydrogens (tertiary/aromatic N) is 4. The second-order valence-electron chi connectivity index (χ2n) is 7.06. The molecule has 0 N–H and O–H groups in total. The van der Waals surface area contributed by atoms with Gasteiger partial charge in [-0.3, -0.25) is 4.79 Å². The van der Waals surface area contributed by atoms with Gasteiger partial charge < -0.3 is 9.80 Å². The summed E-state index contributed by atoms with van der Waals surface area (Å²) in [4.78, 5) is 16.8. The van der Waals surface area contributed by atoms with Crippen molar-refractivity contribution in [3.05, 3.63) is 52.7 Å². The van der Waals surface area contributed by atoms with Gasteiger partial charge in [0, 0.05) is 26.2 Å². The minimum Gasteiger partial charge on any atom is -0.352 e. The highest BCUT2D eigenvalue weighted by molar-refractivity contribution is 5.79. The van der Waals surface area contributed by atoms with Crippen LogP contribution in [0.5, 0.6) is 0 Å². The Bertz CT molecular complexity index is 781. The Morgan fingerprint density at radius 2 is 1.92 bits per heavy atom. The summed E-state index contributed by atoms with van der Waals surface area (Å²) in [5.74, 6) is 1.18. The van der Waals surface area contributed by atoms with Crippen molar-refractivity contribution in [2.75, 3.05) is 31.1 Å². The van der Waals surface area contributed by atoms with E-state index in [9.17, 15) is 4.79 Å². The second kappa shape index (κ2) is 6.82. The molecule has 2 heterocycles. The van der Waals surface area contributed by atoms with Crippen LogP contribution >= 0.6 is 0 Å². The van der Waals surface area contributed by atoms with Gasteiger partial charge in [0.1, 0.15) is 0 Å². The Hall–Kier alpha value is -2.43. The lowest BCUT2D eigenvalue weighted by molar-refractivity contribution is -0.130. The van der Waals surface area contributed by atoms with Gasteiger partial charge in [0.15, 0.2) is 5.82 Å². The second-order valence-corrected chi connectivity index (χ2v) is 7.06. The topological polar surface area (TPSA) is 49.3 Å². The van der Waals surface area contributed by atoms with Crippen LogP contribution < -0.4 is 4.90 Å². The first-order valence-electron chi connectivity index (χ1n) is 9.13. The number of carbonyl (C=O) groups excluding carboxylic acids is 1. The molecule has 1 fully saturated rings. The Morgan fingerprint density at radius 3 is 2.72 bits per heavy atom. The molecular formula is C20H24N4O. The van der Waals surface area contributed by atoms with E-state index in [4.69, 9.17) is 0 Å². The normalized spacial score (nSPS) is 16.8. The van der Waals surface area contributed by atoms with Crippen molar-refractivity contribution in [1.29, 1.82) is 0 Å². The Balaban J connectivity index is 1.35. The number of hydrogen-bond donors (Lipinski definition) is 0. The molecule has 2 aliphatic rings. The fourth-order valence-corrected chi connectivity index (χ4v) is 3.77. The predicted octanol–water partition coefficient (Wildman–Crippen LogP) is 2.17. The van der Waals surface area contributed by atoms with Crippen molar-refractivity contribution in [2.45, 2.75) is 32.6 Å². The van der Waals surface area contributed by atoms with E-state index in [1.54, 1.807) is 0 Å². The van der Waals surface area contributed by atoms with E-state index in [0.717, 1.165) is 56.1 Å². The average molecular weight is 336 g/mol. The third-order valence-corrected chi connectivity index (χ3v) is 5.20. The maximum Gasteiger partial charge on any atom is 0.227 e. The van der Waals surface area contributed by atoms with E-state index < -0.39 is 0 Å². The number of rotatable bonds is 3. The standard InChI is InChI=1S/C20H24N4O/c1-15-4-2-5-16(12-15)13-20(25)24-10-8-23(9-11-24)19-14-17-6-3-7-18(17)21-22-19/h2,4-5,12,14H,3,6-11,13H2,1H3. The van der Waals surface area contributed by atoms with Crippen molar-refractivity contribution in [3.8, 4) is 0 Å². The van der Waals surface area contributed by atoms with Crippen LogP contribution in [0.1, 0.15) is 28.8 Å². The highest BCUT2D eigenvalue weighted by atomic mass is 16.2. The first kappa shape index (κ1) is 16.1. The molecule has 1 amide bonds. The molecule has 0 radical (unpaired) electrons. The van der Waals surface area contributed by atoms with Crippen LogP contribution in [-0.4, -0.2) is 47.2 Å². The van der Waals surface area contributed by atoms with Gasteiger partial charge in [-0.1, -0.05) is 29.8 Å². The lowest BCUT2D eigenvalue weighted by Crippen LogP contribution is -2.49. The van der Waals surface area contributed by atoms with Gasteiger partial charge in [-0.2, -0.15) is 5.10 Å². The molecule has 1 aliphatic carbocycles. The van der Waals surface area contributed by atoms with Crippen LogP contribution in [0, 0.1) is 6.92 Å². The van der Waals surface area contributed by atoms with Crippen LogP contribution in [0.2, 0.25) is 0 Å². The molecule has 1 aromatic heterocycles. The number of benzene rings is 1. The van der Waals surface area contributed by atoms with Crippen molar-refractivity contribution in [2.24, 2.45) is 0 Å². The van der Waals surface area contributed by atoms with Crippen molar-refractivity contribution in [1.82, 2.24) is 15.1 Å². The molecule has 2 aromatic rings. The van der Waals surface area contributed by atoms with Gasteiger partial charge in [0.25, 0.3) is 0 Å². The monoisotopic (exact) mass is 336 g/mol. The minimum absolute atomic E-state index is 0.213. The van der Waals surface area contributed by atoms with Gasteiger partial charge in [-0.15, -0.1) is 5.10 Å². The Kier molecular flexibility index (Phi) is 4.38. The lowest BCUT2D eigenvalue weighted by Gasteiger charge is -2.35. The van der Waals surface area contributed by atoms with Crippen LogP contribution in [0.15, 0.2) is 30.3 Å². The number of carbonyl (C=O) groups is 1. The van der Waals surface area contributed by atoms with Crippen LogP contribution in [-0.2, 0) is 24.1 Å². The molecule has 1 aliphatic heterocycles. The summed E-state index contributed by atoms with van der Waals surface area (Å²) in [7, 11) is 0. The zero-order valence-corrected chi connectivity index (χ0v) is 14.7. The number of piperazine rings is 1. The van der Waals surface area contributed by atoms with Crippen LogP contribution in [0.3, 0.4) is 0 Å². The van der Waals surface area contributed by atoms with Crippen molar-refractivity contribution in [3.63, 3.8) is 0 Å². The molecule has 25 heavy (non-hydrogen) atoms. The molecule has 1 aromatic carbocycles. The summed E-state index contributed by atoms with van der Waals surface area (Å²) in [6.07, 6.45) is 3.85. The molecule has 1 saturated heterocycles. The summed E-state index contributed by atoms with van der Waals surface area (Å²) in [6.45, 7) is 5.22. The number of aromatic nitrogens is 2. The van der Waals surface area contributed by atoms with Gasteiger partial charge in [-0.05, 0) is 43.4 Å². The third kappa shape index (κ3) is 3.50. The molecule has 130 valence electrons. The third-order valence-electron chi connectivity index (χ3n) is 5.20. The SMILES string of the molecule is Cc1cccc(CC(=O)N2CCN(c3cc4c(nn3)CCC4)CC2)c1. The zero-order chi connectivity index (χ0) is 17.2. The zero-order valence-electron chi connectivity index (χ0n) is 14.7. The first-order valence-corrected chi connectivity index (χ1v) is 9.13. The van der Waals surface area contributed by atoms with E-state index in [1.807, 2.05) is 17.0 Å². The van der Waals surface area contributed by atoms with Gasteiger partial charge >= 0.3 is 0 Å². The Labute approximate surface area is 148 Å². The summed E-state index contributed by atoms with van der Waals surface area (Å²) >= 11 is 0. The Morgan fingerprint density at radius 1 is 1.08 bits per heavy atom. The number of hydrogen-bond acceptors (Lipinski definition) is 4. The predicted molar refractivity (Wildman–Crippen MR) is 97.7 cm³/mol. The maximum absolute atomic E-state index is 12.6. The van der Waals surface area contributed by atoms with Crippen LogP contribution in [0.4, 0.5) is 5.82 Å². The summed E-state index contributed by atoms with van der Waals surface area (Å²) < 4.78 is 0. The number of aryl methyl sites for hydroxylation is 3. The van der Waals surface area contributed by atoms with Crippen molar-refractivity contribution < 1.29 is 4.79 Å². The van der Waals surface area contributed by atoms with Gasteiger partial charge in [0.05, 0.1) is 12.1 Å². The molecular weight excluding hydrogens is 312 g/mol. The van der Waals surface area contributed by atoms with Crippen LogP contribution in [0.25, 0.3) is 0 Å².